The van der Waals surface area contributed by atoms with Gasteiger partial charge in [-0.25, -0.2) is 5.43 Å². The molecule has 0 bridgehead atoms. The third-order valence-corrected chi connectivity index (χ3v) is 5.21. The molecule has 0 spiro atoms. The van der Waals surface area contributed by atoms with Crippen LogP contribution in [0.15, 0.2) is 27.7 Å². The first-order valence-electron chi connectivity index (χ1n) is 7.56. The van der Waals surface area contributed by atoms with Gasteiger partial charge in [0.1, 0.15) is 17.2 Å². The zero-order chi connectivity index (χ0) is 15.7. The summed E-state index contributed by atoms with van der Waals surface area (Å²) in [4.78, 5) is 14.3. The molecule has 3 rings (SSSR count). The monoisotopic (exact) mass is 316 g/mol. The molecule has 0 aromatic carbocycles. The van der Waals surface area contributed by atoms with E-state index in [1.807, 2.05) is 32.0 Å². The number of carbonyl (C=O) groups excluding carboxylic acids is 1. The average Bonchev–Trinajstić information content (AvgIpc) is 3.10. The minimum atomic E-state index is -0.144. The van der Waals surface area contributed by atoms with Crippen LogP contribution in [0.5, 0.6) is 0 Å². The van der Waals surface area contributed by atoms with Crippen molar-refractivity contribution in [1.82, 2.24) is 5.43 Å². The Balaban J connectivity index is 1.70. The molecular weight excluding hydrogens is 296 g/mol. The topological polar surface area (TPSA) is 54.6 Å². The Morgan fingerprint density at radius 3 is 3.00 bits per heavy atom. The Morgan fingerprint density at radius 1 is 1.45 bits per heavy atom. The summed E-state index contributed by atoms with van der Waals surface area (Å²) in [6.07, 6.45) is 3.37. The minimum Gasteiger partial charge on any atom is -0.460 e. The molecule has 116 valence electrons. The van der Waals surface area contributed by atoms with E-state index in [4.69, 9.17) is 4.42 Å². The first kappa shape index (κ1) is 15.0. The van der Waals surface area contributed by atoms with Crippen LogP contribution in [0.1, 0.15) is 51.9 Å². The third kappa shape index (κ3) is 3.14. The number of carbonyl (C=O) groups is 1. The van der Waals surface area contributed by atoms with E-state index in [1.165, 1.54) is 16.9 Å². The molecule has 0 fully saturated rings. The number of fused-ring (bicyclic) bond motifs is 1. The van der Waals surface area contributed by atoms with Crippen molar-refractivity contribution in [2.45, 2.75) is 40.0 Å². The van der Waals surface area contributed by atoms with Gasteiger partial charge in [0.05, 0.1) is 4.88 Å². The largest absolute Gasteiger partial charge is 0.460 e. The molecule has 0 radical (unpaired) electrons. The van der Waals surface area contributed by atoms with E-state index < -0.39 is 0 Å². The lowest BCUT2D eigenvalue weighted by Gasteiger charge is -2.16. The molecule has 2 aromatic rings. The van der Waals surface area contributed by atoms with Crippen molar-refractivity contribution in [3.05, 3.63) is 45.0 Å². The van der Waals surface area contributed by atoms with Gasteiger partial charge >= 0.3 is 0 Å². The van der Waals surface area contributed by atoms with Gasteiger partial charge in [0.25, 0.3) is 5.91 Å². The summed E-state index contributed by atoms with van der Waals surface area (Å²) in [5, 5.41) is 4.14. The standard InChI is InChI=1S/C17H20N2O2S/c1-10-4-7-15-13(8-10)9-16(22-15)17(20)19-18-12(3)14-6-5-11(2)21-14/h5-6,9-10H,4,7-8H2,1-3H3,(H,19,20)/b18-12-/t10-/m0/s1. The van der Waals surface area contributed by atoms with Gasteiger partial charge in [0, 0.05) is 4.88 Å². The van der Waals surface area contributed by atoms with Crippen LogP contribution in [-0.2, 0) is 12.8 Å². The van der Waals surface area contributed by atoms with Crippen LogP contribution in [-0.4, -0.2) is 11.6 Å². The van der Waals surface area contributed by atoms with Gasteiger partial charge < -0.3 is 4.42 Å². The quantitative estimate of drug-likeness (QED) is 0.689. The smallest absolute Gasteiger partial charge is 0.281 e. The van der Waals surface area contributed by atoms with E-state index in [0.29, 0.717) is 17.4 Å². The van der Waals surface area contributed by atoms with Crippen molar-refractivity contribution in [2.24, 2.45) is 11.0 Å². The fourth-order valence-corrected chi connectivity index (χ4v) is 3.79. The number of hydrogen-bond acceptors (Lipinski definition) is 4. The number of nitrogens with zero attached hydrogens (tertiary/aromatic N) is 1. The average molecular weight is 316 g/mol. The normalized spacial score (nSPS) is 18.1. The van der Waals surface area contributed by atoms with Crippen LogP contribution >= 0.6 is 11.3 Å². The number of amides is 1. The maximum absolute atomic E-state index is 12.2. The van der Waals surface area contributed by atoms with Gasteiger partial charge in [-0.15, -0.1) is 11.3 Å². The molecule has 0 saturated carbocycles. The fraction of sp³-hybridized carbons (Fsp3) is 0.412. The highest BCUT2D eigenvalue weighted by Gasteiger charge is 2.20. The van der Waals surface area contributed by atoms with Gasteiger partial charge in [0.15, 0.2) is 0 Å². The first-order valence-corrected chi connectivity index (χ1v) is 8.37. The molecule has 1 atom stereocenters. The van der Waals surface area contributed by atoms with Gasteiger partial charge in [-0.3, -0.25) is 4.79 Å². The second kappa shape index (κ2) is 6.08. The summed E-state index contributed by atoms with van der Waals surface area (Å²) in [5.41, 5.74) is 4.62. The lowest BCUT2D eigenvalue weighted by atomic mass is 9.90. The number of aryl methyl sites for hydroxylation is 2. The summed E-state index contributed by atoms with van der Waals surface area (Å²) >= 11 is 1.59. The maximum atomic E-state index is 12.2. The van der Waals surface area contributed by atoms with E-state index in [9.17, 15) is 4.79 Å². The van der Waals surface area contributed by atoms with Gasteiger partial charge in [-0.2, -0.15) is 5.10 Å². The molecular formula is C17H20N2O2S. The molecule has 22 heavy (non-hydrogen) atoms. The van der Waals surface area contributed by atoms with E-state index in [0.717, 1.165) is 23.5 Å². The zero-order valence-corrected chi connectivity index (χ0v) is 13.9. The van der Waals surface area contributed by atoms with Crippen molar-refractivity contribution in [1.29, 1.82) is 0 Å². The van der Waals surface area contributed by atoms with Crippen LogP contribution < -0.4 is 5.43 Å². The molecule has 1 aliphatic carbocycles. The third-order valence-electron chi connectivity index (χ3n) is 3.98. The van der Waals surface area contributed by atoms with E-state index >= 15 is 0 Å². The van der Waals surface area contributed by atoms with Gasteiger partial charge in [-0.1, -0.05) is 6.92 Å². The van der Waals surface area contributed by atoms with Crippen molar-refractivity contribution in [3.8, 4) is 0 Å². The second-order valence-corrected chi connectivity index (χ2v) is 7.09. The van der Waals surface area contributed by atoms with Crippen molar-refractivity contribution < 1.29 is 9.21 Å². The molecule has 2 heterocycles. The second-order valence-electron chi connectivity index (χ2n) is 5.96. The SMILES string of the molecule is C/C(=N/NC(=O)c1cc2c(s1)CC[C@H](C)C2)c1ccc(C)o1. The highest BCUT2D eigenvalue weighted by Crippen LogP contribution is 2.32. The molecule has 1 N–H and O–H groups in total. The molecule has 2 aromatic heterocycles. The molecule has 1 amide bonds. The molecule has 1 aliphatic rings. The minimum absolute atomic E-state index is 0.144. The van der Waals surface area contributed by atoms with E-state index in [1.54, 1.807) is 11.3 Å². The van der Waals surface area contributed by atoms with E-state index in [-0.39, 0.29) is 5.91 Å². The van der Waals surface area contributed by atoms with Crippen LogP contribution in [0, 0.1) is 12.8 Å². The zero-order valence-electron chi connectivity index (χ0n) is 13.1. The summed E-state index contributed by atoms with van der Waals surface area (Å²) in [6.45, 7) is 5.96. The number of thiophene rings is 1. The molecule has 4 nitrogen and oxygen atoms in total. The summed E-state index contributed by atoms with van der Waals surface area (Å²) in [7, 11) is 0. The van der Waals surface area contributed by atoms with Crippen LogP contribution in [0.4, 0.5) is 0 Å². The Labute approximate surface area is 134 Å². The number of hydrazone groups is 1. The molecule has 5 heteroatoms. The van der Waals surface area contributed by atoms with Crippen molar-refractivity contribution >= 4 is 23.0 Å². The summed E-state index contributed by atoms with van der Waals surface area (Å²) < 4.78 is 5.48. The predicted molar refractivity (Wildman–Crippen MR) is 88.6 cm³/mol. The van der Waals surface area contributed by atoms with Crippen molar-refractivity contribution in [2.75, 3.05) is 0 Å². The Morgan fingerprint density at radius 2 is 2.27 bits per heavy atom. The Kier molecular flexibility index (Phi) is 4.16. The predicted octanol–water partition coefficient (Wildman–Crippen LogP) is 3.93. The van der Waals surface area contributed by atoms with Crippen LogP contribution in [0.25, 0.3) is 0 Å². The first-order chi connectivity index (χ1) is 10.5. The molecule has 0 unspecified atom stereocenters. The number of furan rings is 1. The maximum Gasteiger partial charge on any atom is 0.281 e. The van der Waals surface area contributed by atoms with Crippen LogP contribution in [0.2, 0.25) is 0 Å². The van der Waals surface area contributed by atoms with Crippen LogP contribution in [0.3, 0.4) is 0 Å². The highest BCUT2D eigenvalue weighted by molar-refractivity contribution is 7.14. The van der Waals surface area contributed by atoms with Gasteiger partial charge in [0.2, 0.25) is 0 Å². The highest BCUT2D eigenvalue weighted by atomic mass is 32.1. The Hall–Kier alpha value is -1.88. The number of nitrogens with one attached hydrogen (secondary N) is 1. The summed E-state index contributed by atoms with van der Waals surface area (Å²) in [5.74, 6) is 2.07. The number of hydrogen-bond donors (Lipinski definition) is 1. The Bertz CT molecular complexity index is 727. The van der Waals surface area contributed by atoms with Gasteiger partial charge in [-0.05, 0) is 62.8 Å². The number of rotatable bonds is 3. The van der Waals surface area contributed by atoms with Crippen molar-refractivity contribution in [3.63, 3.8) is 0 Å². The lowest BCUT2D eigenvalue weighted by molar-refractivity contribution is 0.0959. The lowest BCUT2D eigenvalue weighted by Crippen LogP contribution is -2.18. The molecule has 0 aliphatic heterocycles. The van der Waals surface area contributed by atoms with E-state index in [2.05, 4.69) is 17.5 Å². The fourth-order valence-electron chi connectivity index (χ4n) is 2.69. The molecule has 0 saturated heterocycles. The summed E-state index contributed by atoms with van der Waals surface area (Å²) in [6, 6.07) is 5.75.